The van der Waals surface area contributed by atoms with Crippen LogP contribution < -0.4 is 15.8 Å². The predicted octanol–water partition coefficient (Wildman–Crippen LogP) is 3.96. The van der Waals surface area contributed by atoms with E-state index in [9.17, 15) is 0 Å². The van der Waals surface area contributed by atoms with Gasteiger partial charge in [-0.1, -0.05) is 42.1 Å². The number of nitrogens with zero attached hydrogens (tertiary/aromatic N) is 2. The third-order valence-electron chi connectivity index (χ3n) is 3.17. The normalized spacial score (nSPS) is 10.3. The maximum atomic E-state index is 6.22. The van der Waals surface area contributed by atoms with E-state index in [0.29, 0.717) is 16.5 Å². The topological polar surface area (TPSA) is 73.1 Å². The minimum absolute atomic E-state index is 0.507. The lowest BCUT2D eigenvalue weighted by Crippen LogP contribution is -2.03. The number of para-hydroxylation sites is 2. The van der Waals surface area contributed by atoms with E-state index in [4.69, 9.17) is 10.5 Å². The molecule has 0 saturated heterocycles. The quantitative estimate of drug-likeness (QED) is 0.692. The van der Waals surface area contributed by atoms with Crippen LogP contribution in [-0.2, 0) is 0 Å². The molecule has 0 bridgehead atoms. The number of benzene rings is 2. The second kappa shape index (κ2) is 7.02. The van der Waals surface area contributed by atoms with E-state index in [2.05, 4.69) is 15.3 Å². The number of nitrogens with two attached hydrogens (primary N) is 1. The molecule has 3 rings (SSSR count). The molecule has 5 nitrogen and oxygen atoms in total. The standard InChI is InChI=1S/C17H16N4OS/c1-22-14-10-6-5-9-13(14)21-16-15(18)17(20-11-19-16)23-12-7-3-2-4-8-12/h2-11H,18H2,1H3,(H,19,20,21). The summed E-state index contributed by atoms with van der Waals surface area (Å²) in [5, 5.41) is 3.92. The number of nitrogens with one attached hydrogen (secondary N) is 1. The minimum atomic E-state index is 0.507. The van der Waals surface area contributed by atoms with Crippen LogP contribution in [0.1, 0.15) is 0 Å². The zero-order valence-corrected chi connectivity index (χ0v) is 13.4. The Morgan fingerprint density at radius 3 is 2.52 bits per heavy atom. The van der Waals surface area contributed by atoms with Gasteiger partial charge in [-0.25, -0.2) is 9.97 Å². The highest BCUT2D eigenvalue weighted by molar-refractivity contribution is 7.99. The summed E-state index contributed by atoms with van der Waals surface area (Å²) in [4.78, 5) is 9.58. The van der Waals surface area contributed by atoms with Crippen molar-refractivity contribution in [2.75, 3.05) is 18.2 Å². The average Bonchev–Trinajstić information content (AvgIpc) is 2.60. The van der Waals surface area contributed by atoms with E-state index in [1.165, 1.54) is 18.1 Å². The van der Waals surface area contributed by atoms with Crippen molar-refractivity contribution in [1.82, 2.24) is 9.97 Å². The van der Waals surface area contributed by atoms with E-state index in [0.717, 1.165) is 16.3 Å². The monoisotopic (exact) mass is 324 g/mol. The Hall–Kier alpha value is -2.73. The fourth-order valence-corrected chi connectivity index (χ4v) is 2.86. The first-order valence-electron chi connectivity index (χ1n) is 7.01. The third-order valence-corrected chi connectivity index (χ3v) is 4.19. The summed E-state index contributed by atoms with van der Waals surface area (Å²) in [6, 6.07) is 17.6. The Morgan fingerprint density at radius 1 is 1.00 bits per heavy atom. The molecule has 1 heterocycles. The van der Waals surface area contributed by atoms with Crippen LogP contribution in [0.5, 0.6) is 5.75 Å². The van der Waals surface area contributed by atoms with Crippen LogP contribution >= 0.6 is 11.8 Å². The van der Waals surface area contributed by atoms with Crippen molar-refractivity contribution < 1.29 is 4.74 Å². The van der Waals surface area contributed by atoms with Gasteiger partial charge in [-0.05, 0) is 24.3 Å². The molecule has 0 saturated carbocycles. The molecule has 0 radical (unpaired) electrons. The number of aromatic nitrogens is 2. The molecular formula is C17H16N4OS. The number of rotatable bonds is 5. The predicted molar refractivity (Wildman–Crippen MR) is 93.3 cm³/mol. The number of nitrogen functional groups attached to an aromatic ring is 1. The summed E-state index contributed by atoms with van der Waals surface area (Å²) in [5.41, 5.74) is 7.53. The van der Waals surface area contributed by atoms with Crippen molar-refractivity contribution in [3.63, 3.8) is 0 Å². The van der Waals surface area contributed by atoms with Crippen molar-refractivity contribution >= 4 is 29.0 Å². The maximum absolute atomic E-state index is 6.22. The molecule has 0 amide bonds. The third kappa shape index (κ3) is 3.54. The molecular weight excluding hydrogens is 308 g/mol. The summed E-state index contributed by atoms with van der Waals surface area (Å²) in [6.07, 6.45) is 1.50. The molecule has 0 unspecified atom stereocenters. The first-order valence-corrected chi connectivity index (χ1v) is 7.83. The Bertz CT molecular complexity index is 796. The summed E-state index contributed by atoms with van der Waals surface area (Å²) >= 11 is 1.50. The molecule has 0 fully saturated rings. The van der Waals surface area contributed by atoms with Gasteiger partial charge in [-0.3, -0.25) is 0 Å². The van der Waals surface area contributed by atoms with Gasteiger partial charge in [0.15, 0.2) is 5.82 Å². The SMILES string of the molecule is COc1ccccc1Nc1ncnc(Sc2ccccc2)c1N. The van der Waals surface area contributed by atoms with Crippen LogP contribution in [0.2, 0.25) is 0 Å². The second-order valence-corrected chi connectivity index (χ2v) is 5.74. The highest BCUT2D eigenvalue weighted by Crippen LogP contribution is 2.35. The molecule has 0 aliphatic rings. The molecule has 3 N–H and O–H groups in total. The van der Waals surface area contributed by atoms with Crippen molar-refractivity contribution in [3.8, 4) is 5.75 Å². The fraction of sp³-hybridized carbons (Fsp3) is 0.0588. The zero-order chi connectivity index (χ0) is 16.1. The Balaban J connectivity index is 1.88. The molecule has 2 aromatic carbocycles. The van der Waals surface area contributed by atoms with Gasteiger partial charge in [0.05, 0.1) is 12.8 Å². The van der Waals surface area contributed by atoms with E-state index in [-0.39, 0.29) is 0 Å². The summed E-state index contributed by atoms with van der Waals surface area (Å²) in [7, 11) is 1.63. The van der Waals surface area contributed by atoms with Crippen molar-refractivity contribution in [2.24, 2.45) is 0 Å². The lowest BCUT2D eigenvalue weighted by Gasteiger charge is -2.13. The van der Waals surface area contributed by atoms with Gasteiger partial charge in [0.1, 0.15) is 22.8 Å². The summed E-state index contributed by atoms with van der Waals surface area (Å²) in [5.74, 6) is 1.28. The van der Waals surface area contributed by atoms with Crippen molar-refractivity contribution in [2.45, 2.75) is 9.92 Å². The van der Waals surface area contributed by atoms with E-state index >= 15 is 0 Å². The van der Waals surface area contributed by atoms with E-state index in [1.807, 2.05) is 54.6 Å². The number of hydrogen-bond donors (Lipinski definition) is 2. The highest BCUT2D eigenvalue weighted by atomic mass is 32.2. The van der Waals surface area contributed by atoms with Gasteiger partial charge in [0.2, 0.25) is 0 Å². The van der Waals surface area contributed by atoms with Crippen LogP contribution in [0.15, 0.2) is 70.8 Å². The highest BCUT2D eigenvalue weighted by Gasteiger charge is 2.11. The fourth-order valence-electron chi connectivity index (χ4n) is 2.04. The van der Waals surface area contributed by atoms with Crippen LogP contribution in [0.25, 0.3) is 0 Å². The average molecular weight is 324 g/mol. The largest absolute Gasteiger partial charge is 0.495 e. The van der Waals surface area contributed by atoms with Gasteiger partial charge < -0.3 is 15.8 Å². The molecule has 0 aliphatic heterocycles. The van der Waals surface area contributed by atoms with Crippen molar-refractivity contribution in [1.29, 1.82) is 0 Å². The number of hydrogen-bond acceptors (Lipinski definition) is 6. The smallest absolute Gasteiger partial charge is 0.158 e. The Kier molecular flexibility index (Phi) is 4.63. The number of anilines is 3. The van der Waals surface area contributed by atoms with Crippen LogP contribution in [0.3, 0.4) is 0 Å². The molecule has 3 aromatic rings. The first-order chi connectivity index (χ1) is 11.3. The molecule has 116 valence electrons. The van der Waals surface area contributed by atoms with Crippen molar-refractivity contribution in [3.05, 3.63) is 60.9 Å². The molecule has 6 heteroatoms. The molecule has 0 atom stereocenters. The lowest BCUT2D eigenvalue weighted by atomic mass is 10.3. The van der Waals surface area contributed by atoms with E-state index in [1.54, 1.807) is 7.11 Å². The zero-order valence-electron chi connectivity index (χ0n) is 12.6. The molecule has 23 heavy (non-hydrogen) atoms. The van der Waals surface area contributed by atoms with Gasteiger partial charge >= 0.3 is 0 Å². The molecule has 0 aliphatic carbocycles. The van der Waals surface area contributed by atoms with Gasteiger partial charge in [0, 0.05) is 4.90 Å². The Labute approximate surface area is 138 Å². The molecule has 0 spiro atoms. The Morgan fingerprint density at radius 2 is 1.74 bits per heavy atom. The summed E-state index contributed by atoms with van der Waals surface area (Å²) < 4.78 is 5.33. The first kappa shape index (κ1) is 15.2. The number of ether oxygens (including phenoxy) is 1. The molecule has 1 aromatic heterocycles. The lowest BCUT2D eigenvalue weighted by molar-refractivity contribution is 0.417. The van der Waals surface area contributed by atoms with Gasteiger partial charge in [0.25, 0.3) is 0 Å². The van der Waals surface area contributed by atoms with Gasteiger partial charge in [-0.2, -0.15) is 0 Å². The van der Waals surface area contributed by atoms with E-state index < -0.39 is 0 Å². The van der Waals surface area contributed by atoms with Gasteiger partial charge in [-0.15, -0.1) is 0 Å². The number of methoxy groups -OCH3 is 1. The van der Waals surface area contributed by atoms with Crippen LogP contribution in [-0.4, -0.2) is 17.1 Å². The summed E-state index contributed by atoms with van der Waals surface area (Å²) in [6.45, 7) is 0. The second-order valence-electron chi connectivity index (χ2n) is 4.68. The van der Waals surface area contributed by atoms with Crippen LogP contribution in [0.4, 0.5) is 17.2 Å². The maximum Gasteiger partial charge on any atom is 0.158 e. The minimum Gasteiger partial charge on any atom is -0.495 e. The van der Waals surface area contributed by atoms with Crippen LogP contribution in [0, 0.1) is 0 Å².